The summed E-state index contributed by atoms with van der Waals surface area (Å²) in [6, 6.07) is 9.62. The molecule has 0 N–H and O–H groups in total. The van der Waals surface area contributed by atoms with Crippen LogP contribution in [0.5, 0.6) is 0 Å². The fraction of sp³-hybridized carbons (Fsp3) is 0.267. The van der Waals surface area contributed by atoms with Crippen LogP contribution in [-0.4, -0.2) is 12.6 Å². The lowest BCUT2D eigenvalue weighted by Crippen LogP contribution is -2.08. The third-order valence-corrected chi connectivity index (χ3v) is 2.18. The monoisotopic (exact) mass is 230 g/mol. The summed E-state index contributed by atoms with van der Waals surface area (Å²) in [6.45, 7) is 2.41. The summed E-state index contributed by atoms with van der Waals surface area (Å²) in [5, 5.41) is 0. The number of carbonyl (C=O) groups excluding carboxylic acids is 1. The number of rotatable bonds is 6. The molecule has 0 aliphatic rings. The highest BCUT2D eigenvalue weighted by Crippen LogP contribution is 2.01. The number of hydrogen-bond donors (Lipinski definition) is 0. The summed E-state index contributed by atoms with van der Waals surface area (Å²) in [5.41, 5.74) is 0.988. The Bertz CT molecular complexity index is 377. The van der Waals surface area contributed by atoms with Gasteiger partial charge in [0.2, 0.25) is 0 Å². The van der Waals surface area contributed by atoms with Crippen LogP contribution in [0.25, 0.3) is 0 Å². The van der Waals surface area contributed by atoms with E-state index in [1.165, 1.54) is 0 Å². The van der Waals surface area contributed by atoms with Crippen molar-refractivity contribution < 1.29 is 9.53 Å². The maximum Gasteiger partial charge on any atom is 0.310 e. The molecule has 0 bridgehead atoms. The van der Waals surface area contributed by atoms with Crippen molar-refractivity contribution in [1.82, 2.24) is 0 Å². The Balaban J connectivity index is 2.18. The van der Waals surface area contributed by atoms with Gasteiger partial charge in [0.25, 0.3) is 0 Å². The van der Waals surface area contributed by atoms with Gasteiger partial charge in [0.15, 0.2) is 0 Å². The summed E-state index contributed by atoms with van der Waals surface area (Å²) in [7, 11) is 0. The van der Waals surface area contributed by atoms with Crippen LogP contribution >= 0.6 is 0 Å². The van der Waals surface area contributed by atoms with Gasteiger partial charge in [-0.25, -0.2) is 0 Å². The van der Waals surface area contributed by atoms with Crippen LogP contribution in [0.4, 0.5) is 0 Å². The molecule has 2 heteroatoms. The standard InChI is InChI=1S/C15H18O2/c1-2-3-4-5-9-12-17-15(16)13-14-10-7-6-8-11-14/h2-8,10-11H,9,12-13H2,1H3/b3-2-,5-4-. The second-order valence-corrected chi connectivity index (χ2v) is 3.63. The van der Waals surface area contributed by atoms with E-state index in [2.05, 4.69) is 0 Å². The van der Waals surface area contributed by atoms with Gasteiger partial charge in [-0.2, -0.15) is 0 Å². The van der Waals surface area contributed by atoms with Crippen LogP contribution in [0.1, 0.15) is 18.9 Å². The molecule has 0 fully saturated rings. The van der Waals surface area contributed by atoms with E-state index < -0.39 is 0 Å². The second kappa shape index (κ2) is 8.34. The predicted molar refractivity (Wildman–Crippen MR) is 69.7 cm³/mol. The summed E-state index contributed by atoms with van der Waals surface area (Å²) >= 11 is 0. The van der Waals surface area contributed by atoms with Crippen molar-refractivity contribution in [3.8, 4) is 0 Å². The van der Waals surface area contributed by atoms with E-state index in [0.29, 0.717) is 13.0 Å². The molecule has 1 aromatic rings. The van der Waals surface area contributed by atoms with Gasteiger partial charge in [-0.15, -0.1) is 0 Å². The minimum Gasteiger partial charge on any atom is -0.465 e. The molecular weight excluding hydrogens is 212 g/mol. The maximum absolute atomic E-state index is 11.4. The molecule has 0 unspecified atom stereocenters. The van der Waals surface area contributed by atoms with E-state index >= 15 is 0 Å². The maximum atomic E-state index is 11.4. The Morgan fingerprint density at radius 3 is 2.71 bits per heavy atom. The van der Waals surface area contributed by atoms with Crippen LogP contribution in [0.15, 0.2) is 54.6 Å². The van der Waals surface area contributed by atoms with Crippen LogP contribution < -0.4 is 0 Å². The van der Waals surface area contributed by atoms with E-state index in [4.69, 9.17) is 4.74 Å². The zero-order valence-electron chi connectivity index (χ0n) is 10.1. The Kier molecular flexibility index (Phi) is 6.49. The van der Waals surface area contributed by atoms with E-state index in [0.717, 1.165) is 12.0 Å². The summed E-state index contributed by atoms with van der Waals surface area (Å²) in [5.74, 6) is -0.171. The van der Waals surface area contributed by atoms with Crippen LogP contribution in [0, 0.1) is 0 Å². The summed E-state index contributed by atoms with van der Waals surface area (Å²) in [4.78, 5) is 11.4. The normalized spacial score (nSPS) is 11.1. The largest absolute Gasteiger partial charge is 0.465 e. The molecule has 0 aromatic heterocycles. The SMILES string of the molecule is C/C=C\C=C/CCOC(=O)Cc1ccccc1. The lowest BCUT2D eigenvalue weighted by molar-refractivity contribution is -0.142. The summed E-state index contributed by atoms with van der Waals surface area (Å²) in [6.07, 6.45) is 8.94. The third kappa shape index (κ3) is 6.36. The van der Waals surface area contributed by atoms with Gasteiger partial charge in [-0.05, 0) is 18.9 Å². The molecule has 2 nitrogen and oxygen atoms in total. The zero-order valence-corrected chi connectivity index (χ0v) is 10.1. The van der Waals surface area contributed by atoms with Crippen molar-refractivity contribution in [3.63, 3.8) is 0 Å². The van der Waals surface area contributed by atoms with Gasteiger partial charge in [0.05, 0.1) is 13.0 Å². The molecule has 90 valence electrons. The summed E-state index contributed by atoms with van der Waals surface area (Å²) < 4.78 is 5.11. The highest BCUT2D eigenvalue weighted by atomic mass is 16.5. The average molecular weight is 230 g/mol. The number of esters is 1. The molecule has 0 saturated heterocycles. The van der Waals surface area contributed by atoms with Crippen LogP contribution in [-0.2, 0) is 16.0 Å². The minimum absolute atomic E-state index is 0.171. The van der Waals surface area contributed by atoms with Crippen molar-refractivity contribution in [3.05, 3.63) is 60.2 Å². The quantitative estimate of drug-likeness (QED) is 0.426. The van der Waals surface area contributed by atoms with Gasteiger partial charge in [-0.1, -0.05) is 54.6 Å². The van der Waals surface area contributed by atoms with Crippen molar-refractivity contribution in [2.75, 3.05) is 6.61 Å². The molecule has 0 amide bonds. The lowest BCUT2D eigenvalue weighted by Gasteiger charge is -2.02. The first-order chi connectivity index (χ1) is 8.33. The number of allylic oxidation sites excluding steroid dienone is 3. The number of benzene rings is 1. The fourth-order valence-corrected chi connectivity index (χ4v) is 1.34. The molecule has 0 spiro atoms. The fourth-order valence-electron chi connectivity index (χ4n) is 1.34. The Labute approximate surface area is 103 Å². The smallest absolute Gasteiger partial charge is 0.310 e. The molecule has 0 atom stereocenters. The van der Waals surface area contributed by atoms with Crippen LogP contribution in [0.3, 0.4) is 0 Å². The van der Waals surface area contributed by atoms with Crippen molar-refractivity contribution >= 4 is 5.97 Å². The first kappa shape index (κ1) is 13.2. The van der Waals surface area contributed by atoms with Crippen LogP contribution in [0.2, 0.25) is 0 Å². The molecule has 0 aliphatic carbocycles. The topological polar surface area (TPSA) is 26.3 Å². The second-order valence-electron chi connectivity index (χ2n) is 3.63. The van der Waals surface area contributed by atoms with Gasteiger partial charge in [-0.3, -0.25) is 4.79 Å². The van der Waals surface area contributed by atoms with Crippen molar-refractivity contribution in [1.29, 1.82) is 0 Å². The Morgan fingerprint density at radius 2 is 2.00 bits per heavy atom. The lowest BCUT2D eigenvalue weighted by atomic mass is 10.2. The van der Waals surface area contributed by atoms with Gasteiger partial charge in [0.1, 0.15) is 0 Å². The number of carbonyl (C=O) groups is 1. The van der Waals surface area contributed by atoms with Gasteiger partial charge >= 0.3 is 5.97 Å². The number of hydrogen-bond acceptors (Lipinski definition) is 2. The molecule has 1 aromatic carbocycles. The average Bonchev–Trinajstić information content (AvgIpc) is 2.35. The molecule has 0 aliphatic heterocycles. The molecule has 0 radical (unpaired) electrons. The number of ether oxygens (including phenoxy) is 1. The van der Waals surface area contributed by atoms with Gasteiger partial charge < -0.3 is 4.74 Å². The van der Waals surface area contributed by atoms with Crippen molar-refractivity contribution in [2.24, 2.45) is 0 Å². The Morgan fingerprint density at radius 1 is 1.24 bits per heavy atom. The van der Waals surface area contributed by atoms with Gasteiger partial charge in [0, 0.05) is 0 Å². The van der Waals surface area contributed by atoms with E-state index in [-0.39, 0.29) is 5.97 Å². The van der Waals surface area contributed by atoms with Crippen molar-refractivity contribution in [2.45, 2.75) is 19.8 Å². The molecule has 17 heavy (non-hydrogen) atoms. The van der Waals surface area contributed by atoms with E-state index in [1.807, 2.05) is 61.6 Å². The van der Waals surface area contributed by atoms with E-state index in [1.54, 1.807) is 0 Å². The Hall–Kier alpha value is -1.83. The third-order valence-electron chi connectivity index (χ3n) is 2.18. The minimum atomic E-state index is -0.171. The predicted octanol–water partition coefficient (Wildman–Crippen LogP) is 3.29. The zero-order chi connectivity index (χ0) is 12.3. The van der Waals surface area contributed by atoms with E-state index in [9.17, 15) is 4.79 Å². The first-order valence-electron chi connectivity index (χ1n) is 5.80. The molecular formula is C15H18O2. The molecule has 0 saturated carbocycles. The molecule has 0 heterocycles. The molecule has 1 rings (SSSR count). The highest BCUT2D eigenvalue weighted by molar-refractivity contribution is 5.72. The highest BCUT2D eigenvalue weighted by Gasteiger charge is 2.02. The first-order valence-corrected chi connectivity index (χ1v) is 5.80.